The number of halogens is 1. The summed E-state index contributed by atoms with van der Waals surface area (Å²) in [6.45, 7) is 1.18. The van der Waals surface area contributed by atoms with Crippen LogP contribution in [-0.2, 0) is 9.47 Å². The molecule has 0 N–H and O–H groups in total. The molecule has 0 spiro atoms. The van der Waals surface area contributed by atoms with E-state index in [9.17, 15) is 0 Å². The van der Waals surface area contributed by atoms with Crippen molar-refractivity contribution >= 4 is 35.3 Å². The maximum atomic E-state index is 5.12. The van der Waals surface area contributed by atoms with Crippen LogP contribution in [0.3, 0.4) is 0 Å². The van der Waals surface area contributed by atoms with E-state index in [4.69, 9.17) is 9.47 Å². The molecule has 0 saturated heterocycles. The Labute approximate surface area is 94.2 Å². The summed E-state index contributed by atoms with van der Waals surface area (Å²) < 4.78 is 11.3. The van der Waals surface area contributed by atoms with Crippen molar-refractivity contribution in [3.05, 3.63) is 12.2 Å². The summed E-state index contributed by atoms with van der Waals surface area (Å²) in [6, 6.07) is 0. The van der Waals surface area contributed by atoms with Crippen LogP contribution in [0.2, 0.25) is 4.55 Å². The van der Waals surface area contributed by atoms with Gasteiger partial charge in [-0.25, -0.2) is 0 Å². The normalized spacial score (nSPS) is 10.5. The van der Waals surface area contributed by atoms with Crippen LogP contribution in [0.15, 0.2) is 12.2 Å². The Morgan fingerprint density at radius 1 is 1.33 bits per heavy atom. The Balaban J connectivity index is 2.92. The first kappa shape index (κ1) is 13.2. The quantitative estimate of drug-likeness (QED) is 0.225. The molecule has 0 aliphatic carbocycles. The lowest BCUT2D eigenvalue weighted by Gasteiger charge is -1.98. The highest BCUT2D eigenvalue weighted by molar-refractivity contribution is 14.1. The van der Waals surface area contributed by atoms with Crippen LogP contribution in [0.25, 0.3) is 0 Å². The van der Waals surface area contributed by atoms with Crippen LogP contribution in [0.4, 0.5) is 0 Å². The van der Waals surface area contributed by atoms with Crippen molar-refractivity contribution in [2.45, 2.75) is 17.4 Å². The highest BCUT2D eigenvalue weighted by Crippen LogP contribution is 1.95. The van der Waals surface area contributed by atoms with Crippen LogP contribution in [0.5, 0.6) is 0 Å². The number of hydrogen-bond acceptors (Lipinski definition) is 2. The third kappa shape index (κ3) is 11.2. The van der Waals surface area contributed by atoms with Crippen molar-refractivity contribution in [1.29, 1.82) is 0 Å². The Bertz CT molecular complexity index is 109. The summed E-state index contributed by atoms with van der Waals surface area (Å²) in [6.07, 6.45) is 6.70. The minimum Gasteiger partial charge on any atom is -0.359 e. The summed E-state index contributed by atoms with van der Waals surface area (Å²) >= 11 is 2.76. The molecule has 0 fully saturated rings. The van der Waals surface area contributed by atoms with E-state index in [1.54, 1.807) is 7.11 Å². The Hall–Kier alpha value is 1.16. The van der Waals surface area contributed by atoms with E-state index >= 15 is 0 Å². The Morgan fingerprint density at radius 2 is 2.08 bits per heavy atom. The molecule has 0 aliphatic rings. The minimum absolute atomic E-state index is 0.234. The summed E-state index contributed by atoms with van der Waals surface area (Å²) in [5.74, 6) is 0. The summed E-state index contributed by atoms with van der Waals surface area (Å²) in [7, 11) is 1.64. The van der Waals surface area contributed by atoms with Gasteiger partial charge >= 0.3 is 16.5 Å². The summed E-state index contributed by atoms with van der Waals surface area (Å²) in [5.41, 5.74) is 0. The number of methoxy groups -OCH3 is 1. The first-order valence-electron chi connectivity index (χ1n) is 4.19. The minimum atomic E-state index is 0.234. The fourth-order valence-corrected chi connectivity index (χ4v) is 2.44. The lowest BCUT2D eigenvalue weighted by molar-refractivity contribution is -0.0285. The zero-order valence-electron chi connectivity index (χ0n) is 7.59. The third-order valence-electron chi connectivity index (χ3n) is 1.30. The van der Waals surface area contributed by atoms with Gasteiger partial charge in [-0.05, 0) is 6.42 Å². The summed E-state index contributed by atoms with van der Waals surface area (Å²) in [5, 5.41) is 0. The highest BCUT2D eigenvalue weighted by atomic mass is 127. The monoisotopic (exact) mass is 294 g/mol. The predicted octanol–water partition coefficient (Wildman–Crippen LogP) is 2.42. The second-order valence-corrected chi connectivity index (χ2v) is 6.73. The molecule has 0 radical (unpaired) electrons. The fourth-order valence-electron chi connectivity index (χ4n) is 0.724. The number of rotatable bonds is 8. The molecule has 0 aromatic rings. The van der Waals surface area contributed by atoms with Crippen molar-refractivity contribution < 1.29 is 9.47 Å². The zero-order valence-corrected chi connectivity index (χ0v) is 11.2. The van der Waals surface area contributed by atoms with E-state index in [0.717, 1.165) is 13.0 Å². The Morgan fingerprint density at radius 3 is 2.75 bits per heavy atom. The van der Waals surface area contributed by atoms with Crippen molar-refractivity contribution in [1.82, 2.24) is 0 Å². The second kappa shape index (κ2) is 12.2. The number of hydrogen-bond donors (Lipinski definition) is 0. The van der Waals surface area contributed by atoms with Gasteiger partial charge in [0.2, 0.25) is 0 Å². The van der Waals surface area contributed by atoms with Gasteiger partial charge in [0.1, 0.15) is 6.79 Å². The Kier molecular flexibility index (Phi) is 13.3. The van der Waals surface area contributed by atoms with Gasteiger partial charge in [-0.3, -0.25) is 0 Å². The van der Waals surface area contributed by atoms with Crippen molar-refractivity contribution in [2.75, 3.05) is 20.5 Å². The molecule has 2 nitrogen and oxygen atoms in total. The van der Waals surface area contributed by atoms with Gasteiger partial charge in [0.05, 0.1) is 6.61 Å². The van der Waals surface area contributed by atoms with Crippen molar-refractivity contribution in [3.63, 3.8) is 0 Å². The first-order chi connectivity index (χ1) is 5.91. The fraction of sp³-hybridized carbons (Fsp3) is 0.750. The topological polar surface area (TPSA) is 18.5 Å². The van der Waals surface area contributed by atoms with Crippen molar-refractivity contribution in [3.8, 4) is 0 Å². The van der Waals surface area contributed by atoms with Gasteiger partial charge < -0.3 is 28.3 Å². The van der Waals surface area contributed by atoms with E-state index in [2.05, 4.69) is 31.0 Å². The molecular formula is C8H15IMgO2. The molecule has 12 heavy (non-hydrogen) atoms. The molecule has 0 aromatic carbocycles. The van der Waals surface area contributed by atoms with Gasteiger partial charge in [-0.1, -0.05) is 18.6 Å². The molecule has 0 rings (SSSR count). The smallest absolute Gasteiger partial charge is 0.359 e. The molecule has 0 amide bonds. The molecule has 0 saturated carbocycles. The predicted molar refractivity (Wildman–Crippen MR) is 60.8 cm³/mol. The average molecular weight is 294 g/mol. The highest BCUT2D eigenvalue weighted by Gasteiger charge is 1.85. The summed E-state index contributed by atoms with van der Waals surface area (Å²) in [4.78, 5) is 0. The van der Waals surface area contributed by atoms with Crippen LogP contribution in [0, 0.1) is 0 Å². The van der Waals surface area contributed by atoms with Gasteiger partial charge in [-0.2, -0.15) is 0 Å². The molecule has 4 heteroatoms. The average Bonchev–Trinajstić information content (AvgIpc) is 2.10. The molecule has 0 heterocycles. The van der Waals surface area contributed by atoms with Gasteiger partial charge in [0.25, 0.3) is 0 Å². The second-order valence-electron chi connectivity index (χ2n) is 2.41. The molecule has 0 unspecified atom stereocenters. The maximum Gasteiger partial charge on any atom is 0.464 e. The van der Waals surface area contributed by atoms with E-state index in [-0.39, 0.29) is 16.5 Å². The van der Waals surface area contributed by atoms with Crippen LogP contribution in [0.1, 0.15) is 12.8 Å². The first-order valence-corrected chi connectivity index (χ1v) is 10.3. The van der Waals surface area contributed by atoms with Gasteiger partial charge in [0, 0.05) is 7.11 Å². The largest absolute Gasteiger partial charge is 0.464 e. The van der Waals surface area contributed by atoms with E-state index < -0.39 is 0 Å². The lowest BCUT2D eigenvalue weighted by Crippen LogP contribution is -1.96. The number of ether oxygens (including phenoxy) is 2. The maximum absolute atomic E-state index is 5.12. The SMILES string of the molecule is COCOCC/C=C/C[CH2][Mg][I]. The zero-order chi connectivity index (χ0) is 9.07. The van der Waals surface area contributed by atoms with Gasteiger partial charge in [-0.15, -0.1) is 4.55 Å². The molecule has 0 aliphatic heterocycles. The third-order valence-corrected chi connectivity index (χ3v) is 4.27. The van der Waals surface area contributed by atoms with E-state index in [0.29, 0.717) is 6.79 Å². The van der Waals surface area contributed by atoms with Crippen LogP contribution in [-0.4, -0.2) is 37.0 Å². The van der Waals surface area contributed by atoms with Gasteiger partial charge in [0.15, 0.2) is 0 Å². The molecule has 0 bridgehead atoms. The van der Waals surface area contributed by atoms with Crippen LogP contribution < -0.4 is 0 Å². The lowest BCUT2D eigenvalue weighted by atomic mass is 10.3. The molecular weight excluding hydrogens is 279 g/mol. The van der Waals surface area contributed by atoms with Crippen molar-refractivity contribution in [2.24, 2.45) is 0 Å². The van der Waals surface area contributed by atoms with Crippen LogP contribution >= 0.6 is 18.9 Å². The van der Waals surface area contributed by atoms with E-state index in [1.165, 1.54) is 11.0 Å². The van der Waals surface area contributed by atoms with E-state index in [1.807, 2.05) is 0 Å². The molecule has 0 atom stereocenters. The standard InChI is InChI=1S/C8H15O2.HI.Mg/c1-3-4-5-6-7-10-8-9-2;;/h4-5H,1,3,6-8H2,2H3;1H;/q;;+1/p-1/b5-4+;;. The number of allylic oxidation sites excluding steroid dienone is 1. The molecule has 0 aromatic heterocycles. The molecule has 68 valence electrons.